The topological polar surface area (TPSA) is 55.1 Å². The van der Waals surface area contributed by atoms with E-state index in [2.05, 4.69) is 22.3 Å². The fourth-order valence-electron chi connectivity index (χ4n) is 2.80. The minimum absolute atomic E-state index is 0.678. The van der Waals surface area contributed by atoms with Crippen LogP contribution in [-0.4, -0.2) is 19.6 Å². The second kappa shape index (κ2) is 6.53. The van der Waals surface area contributed by atoms with Crippen molar-refractivity contribution in [2.45, 2.75) is 13.3 Å². The predicted octanol–water partition coefficient (Wildman–Crippen LogP) is 4.75. The molecular formula is C19H16ClN5. The Hall–Kier alpha value is -2.92. The summed E-state index contributed by atoms with van der Waals surface area (Å²) in [6.45, 7) is 2.09. The first kappa shape index (κ1) is 15.6. The zero-order valence-electron chi connectivity index (χ0n) is 13.6. The Morgan fingerprint density at radius 1 is 1.08 bits per heavy atom. The van der Waals surface area contributed by atoms with Crippen LogP contribution in [0, 0.1) is 0 Å². The highest BCUT2D eigenvalue weighted by molar-refractivity contribution is 6.30. The smallest absolute Gasteiger partial charge is 0.149 e. The highest BCUT2D eigenvalue weighted by Crippen LogP contribution is 2.28. The van der Waals surface area contributed by atoms with E-state index < -0.39 is 0 Å². The fourth-order valence-corrected chi connectivity index (χ4v) is 2.93. The summed E-state index contributed by atoms with van der Waals surface area (Å²) in [6.07, 6.45) is 6.25. The number of aryl methyl sites for hydroxylation is 1. The maximum Gasteiger partial charge on any atom is 0.149 e. The SMILES string of the molecule is CCc1nn2ccccc2c1-c1cncc(Nc2ccc(Cl)cc2)n1. The summed E-state index contributed by atoms with van der Waals surface area (Å²) >= 11 is 5.93. The number of fused-ring (bicyclic) bond motifs is 1. The molecule has 4 rings (SSSR count). The van der Waals surface area contributed by atoms with Crippen molar-refractivity contribution in [1.82, 2.24) is 19.6 Å². The van der Waals surface area contributed by atoms with Crippen LogP contribution in [0.2, 0.25) is 5.02 Å². The highest BCUT2D eigenvalue weighted by Gasteiger charge is 2.15. The number of benzene rings is 1. The molecule has 3 aromatic heterocycles. The van der Waals surface area contributed by atoms with E-state index in [0.717, 1.165) is 34.6 Å². The van der Waals surface area contributed by atoms with Gasteiger partial charge in [0, 0.05) is 16.9 Å². The maximum atomic E-state index is 5.93. The molecule has 1 aromatic carbocycles. The summed E-state index contributed by atoms with van der Waals surface area (Å²) < 4.78 is 1.88. The van der Waals surface area contributed by atoms with Gasteiger partial charge in [-0.2, -0.15) is 5.10 Å². The third-order valence-corrected chi connectivity index (χ3v) is 4.21. The Morgan fingerprint density at radius 2 is 1.92 bits per heavy atom. The molecule has 0 amide bonds. The summed E-state index contributed by atoms with van der Waals surface area (Å²) in [5.41, 5.74) is 4.76. The third-order valence-electron chi connectivity index (χ3n) is 3.95. The number of pyridine rings is 1. The molecule has 3 heterocycles. The van der Waals surface area contributed by atoms with Gasteiger partial charge in [0.05, 0.1) is 34.9 Å². The minimum Gasteiger partial charge on any atom is -0.339 e. The molecular weight excluding hydrogens is 334 g/mol. The lowest BCUT2D eigenvalue weighted by Gasteiger charge is -2.07. The fraction of sp³-hybridized carbons (Fsp3) is 0.105. The number of anilines is 2. The third kappa shape index (κ3) is 3.06. The standard InChI is InChI=1S/C19H16ClN5/c1-2-15-19(17-5-3-4-10-25(17)24-15)16-11-21-12-18(23-16)22-14-8-6-13(20)7-9-14/h3-12H,2H2,1H3,(H,22,23). The summed E-state index contributed by atoms with van der Waals surface area (Å²) in [6, 6.07) is 13.5. The molecule has 0 saturated heterocycles. The van der Waals surface area contributed by atoms with Gasteiger partial charge >= 0.3 is 0 Å². The van der Waals surface area contributed by atoms with Crippen molar-refractivity contribution < 1.29 is 0 Å². The first-order valence-corrected chi connectivity index (χ1v) is 8.43. The molecule has 0 aliphatic carbocycles. The Balaban J connectivity index is 1.76. The lowest BCUT2D eigenvalue weighted by atomic mass is 10.1. The van der Waals surface area contributed by atoms with Gasteiger partial charge in [-0.05, 0) is 42.8 Å². The number of halogens is 1. The quantitative estimate of drug-likeness (QED) is 0.577. The van der Waals surface area contributed by atoms with Crippen LogP contribution in [0.4, 0.5) is 11.5 Å². The molecule has 0 atom stereocenters. The van der Waals surface area contributed by atoms with E-state index in [1.54, 1.807) is 12.4 Å². The monoisotopic (exact) mass is 349 g/mol. The van der Waals surface area contributed by atoms with E-state index in [4.69, 9.17) is 16.6 Å². The molecule has 0 saturated carbocycles. The average Bonchev–Trinajstić information content (AvgIpc) is 3.02. The summed E-state index contributed by atoms with van der Waals surface area (Å²) in [4.78, 5) is 9.08. The molecule has 0 unspecified atom stereocenters. The zero-order chi connectivity index (χ0) is 17.2. The predicted molar refractivity (Wildman–Crippen MR) is 100 cm³/mol. The van der Waals surface area contributed by atoms with Crippen LogP contribution in [0.1, 0.15) is 12.6 Å². The highest BCUT2D eigenvalue weighted by atomic mass is 35.5. The van der Waals surface area contributed by atoms with Crippen LogP contribution < -0.4 is 5.32 Å². The molecule has 25 heavy (non-hydrogen) atoms. The first-order valence-electron chi connectivity index (χ1n) is 8.06. The minimum atomic E-state index is 0.678. The molecule has 0 fully saturated rings. The van der Waals surface area contributed by atoms with Gasteiger partial charge in [-0.25, -0.2) is 9.50 Å². The van der Waals surface area contributed by atoms with Crippen molar-refractivity contribution >= 4 is 28.6 Å². The molecule has 0 aliphatic heterocycles. The lowest BCUT2D eigenvalue weighted by Crippen LogP contribution is -1.97. The van der Waals surface area contributed by atoms with Crippen molar-refractivity contribution in [3.63, 3.8) is 0 Å². The van der Waals surface area contributed by atoms with E-state index in [-0.39, 0.29) is 0 Å². The maximum absolute atomic E-state index is 5.93. The first-order chi connectivity index (χ1) is 12.2. The van der Waals surface area contributed by atoms with Crippen LogP contribution in [-0.2, 0) is 6.42 Å². The Bertz CT molecular complexity index is 1020. The van der Waals surface area contributed by atoms with Crippen molar-refractivity contribution in [1.29, 1.82) is 0 Å². The summed E-state index contributed by atoms with van der Waals surface area (Å²) in [5.74, 6) is 0.678. The van der Waals surface area contributed by atoms with E-state index in [0.29, 0.717) is 10.8 Å². The van der Waals surface area contributed by atoms with Gasteiger partial charge in [-0.3, -0.25) is 4.98 Å². The van der Waals surface area contributed by atoms with Crippen molar-refractivity contribution in [3.8, 4) is 11.3 Å². The Morgan fingerprint density at radius 3 is 2.72 bits per heavy atom. The van der Waals surface area contributed by atoms with E-state index in [9.17, 15) is 0 Å². The van der Waals surface area contributed by atoms with Gasteiger partial charge in [0.1, 0.15) is 5.82 Å². The average molecular weight is 350 g/mol. The number of aromatic nitrogens is 4. The molecule has 5 nitrogen and oxygen atoms in total. The lowest BCUT2D eigenvalue weighted by molar-refractivity contribution is 0.898. The van der Waals surface area contributed by atoms with E-state index in [1.807, 2.05) is 53.2 Å². The van der Waals surface area contributed by atoms with Gasteiger partial charge in [0.25, 0.3) is 0 Å². The van der Waals surface area contributed by atoms with Crippen molar-refractivity contribution in [3.05, 3.63) is 71.8 Å². The number of nitrogens with zero attached hydrogens (tertiary/aromatic N) is 4. The summed E-state index contributed by atoms with van der Waals surface area (Å²) in [5, 5.41) is 8.60. The molecule has 6 heteroatoms. The van der Waals surface area contributed by atoms with Gasteiger partial charge in [-0.1, -0.05) is 24.6 Å². The van der Waals surface area contributed by atoms with Gasteiger partial charge < -0.3 is 5.32 Å². The Kier molecular flexibility index (Phi) is 4.07. The van der Waals surface area contributed by atoms with Crippen LogP contribution >= 0.6 is 11.6 Å². The van der Waals surface area contributed by atoms with Gasteiger partial charge in [-0.15, -0.1) is 0 Å². The molecule has 0 radical (unpaired) electrons. The number of nitrogens with one attached hydrogen (secondary N) is 1. The summed E-state index contributed by atoms with van der Waals surface area (Å²) in [7, 11) is 0. The molecule has 0 aliphatic rings. The molecule has 0 spiro atoms. The van der Waals surface area contributed by atoms with Crippen LogP contribution in [0.25, 0.3) is 16.8 Å². The van der Waals surface area contributed by atoms with E-state index in [1.165, 1.54) is 0 Å². The number of hydrogen-bond acceptors (Lipinski definition) is 4. The van der Waals surface area contributed by atoms with Crippen molar-refractivity contribution in [2.24, 2.45) is 0 Å². The number of rotatable bonds is 4. The second-order valence-electron chi connectivity index (χ2n) is 5.63. The van der Waals surface area contributed by atoms with Crippen LogP contribution in [0.15, 0.2) is 61.1 Å². The number of hydrogen-bond donors (Lipinski definition) is 1. The zero-order valence-corrected chi connectivity index (χ0v) is 14.4. The Labute approximate surface area is 150 Å². The molecule has 124 valence electrons. The van der Waals surface area contributed by atoms with Gasteiger partial charge in [0.15, 0.2) is 0 Å². The molecule has 4 aromatic rings. The second-order valence-corrected chi connectivity index (χ2v) is 6.06. The molecule has 1 N–H and O–H groups in total. The molecule has 0 bridgehead atoms. The normalized spacial score (nSPS) is 11.0. The van der Waals surface area contributed by atoms with Gasteiger partial charge in [0.2, 0.25) is 0 Å². The van der Waals surface area contributed by atoms with Crippen molar-refractivity contribution in [2.75, 3.05) is 5.32 Å². The van der Waals surface area contributed by atoms with Crippen LogP contribution in [0.3, 0.4) is 0 Å². The largest absolute Gasteiger partial charge is 0.339 e. The van der Waals surface area contributed by atoms with Crippen LogP contribution in [0.5, 0.6) is 0 Å². The van der Waals surface area contributed by atoms with E-state index >= 15 is 0 Å².